The zero-order valence-electron chi connectivity index (χ0n) is 6.37. The van der Waals surface area contributed by atoms with Crippen molar-refractivity contribution in [1.29, 1.82) is 0 Å². The van der Waals surface area contributed by atoms with Crippen LogP contribution in [0.3, 0.4) is 0 Å². The molecule has 0 saturated heterocycles. The molecule has 4 nitrogen and oxygen atoms in total. The van der Waals surface area contributed by atoms with Gasteiger partial charge in [-0.3, -0.25) is 10.1 Å². The van der Waals surface area contributed by atoms with E-state index in [4.69, 9.17) is 4.74 Å². The van der Waals surface area contributed by atoms with Gasteiger partial charge in [0.05, 0.1) is 9.40 Å². The van der Waals surface area contributed by atoms with E-state index in [1.807, 2.05) is 0 Å². The topological polar surface area (TPSA) is 52.4 Å². The lowest BCUT2D eigenvalue weighted by molar-refractivity contribution is -0.384. The third kappa shape index (κ3) is 2.80. The molecule has 6 heteroatoms. The molecule has 0 atom stereocenters. The second-order valence-electron chi connectivity index (χ2n) is 2.13. The van der Waals surface area contributed by atoms with E-state index in [9.17, 15) is 10.1 Å². The van der Waals surface area contributed by atoms with E-state index < -0.39 is 4.92 Å². The minimum Gasteiger partial charge on any atom is -0.482 e. The van der Waals surface area contributed by atoms with Crippen molar-refractivity contribution in [1.82, 2.24) is 0 Å². The normalized spacial score (nSPS) is 9.69. The standard InChI is InChI=1S/C7H5BrINO3/c8-6-3-5(10(11)12)1-2-7(6)13-4-9/h1-3H,4H2. The van der Waals surface area contributed by atoms with Gasteiger partial charge in [-0.25, -0.2) is 0 Å². The fourth-order valence-corrected chi connectivity index (χ4v) is 1.60. The molecule has 0 aliphatic heterocycles. The van der Waals surface area contributed by atoms with E-state index in [1.54, 1.807) is 6.07 Å². The molecule has 0 radical (unpaired) electrons. The van der Waals surface area contributed by atoms with Crippen LogP contribution in [-0.4, -0.2) is 9.54 Å². The monoisotopic (exact) mass is 357 g/mol. The Morgan fingerprint density at radius 3 is 2.77 bits per heavy atom. The Hall–Kier alpha value is -0.370. The number of nitro benzene ring substituents is 1. The summed E-state index contributed by atoms with van der Waals surface area (Å²) in [7, 11) is 0. The van der Waals surface area contributed by atoms with Crippen LogP contribution in [0.1, 0.15) is 0 Å². The van der Waals surface area contributed by atoms with Crippen molar-refractivity contribution in [2.75, 3.05) is 4.61 Å². The lowest BCUT2D eigenvalue weighted by Crippen LogP contribution is -1.92. The van der Waals surface area contributed by atoms with E-state index in [-0.39, 0.29) is 5.69 Å². The highest BCUT2D eigenvalue weighted by atomic mass is 127. The maximum absolute atomic E-state index is 10.4. The number of nitro groups is 1. The van der Waals surface area contributed by atoms with Crippen molar-refractivity contribution in [3.05, 3.63) is 32.8 Å². The van der Waals surface area contributed by atoms with Gasteiger partial charge in [-0.05, 0) is 44.6 Å². The SMILES string of the molecule is O=[N+]([O-])c1ccc(OCI)c(Br)c1. The van der Waals surface area contributed by atoms with Crippen LogP contribution in [-0.2, 0) is 0 Å². The summed E-state index contributed by atoms with van der Waals surface area (Å²) in [6.45, 7) is 0. The Labute approximate surface area is 96.7 Å². The molecule has 0 fully saturated rings. The van der Waals surface area contributed by atoms with Gasteiger partial charge in [0.15, 0.2) is 0 Å². The molecule has 1 aromatic carbocycles. The second kappa shape index (κ2) is 4.75. The van der Waals surface area contributed by atoms with E-state index in [0.29, 0.717) is 14.8 Å². The predicted molar refractivity (Wildman–Crippen MR) is 60.3 cm³/mol. The summed E-state index contributed by atoms with van der Waals surface area (Å²) in [6, 6.07) is 4.40. The molecule has 0 N–H and O–H groups in total. The number of nitrogens with zero attached hydrogens (tertiary/aromatic N) is 1. The maximum Gasteiger partial charge on any atom is 0.270 e. The molecule has 1 rings (SSSR count). The minimum absolute atomic E-state index is 0.0488. The number of hydrogen-bond acceptors (Lipinski definition) is 3. The van der Waals surface area contributed by atoms with Crippen LogP contribution in [0.2, 0.25) is 0 Å². The molecule has 1 aromatic rings. The summed E-state index contributed by atoms with van der Waals surface area (Å²) in [5, 5.41) is 10.4. The molecule has 0 bridgehead atoms. The van der Waals surface area contributed by atoms with Crippen molar-refractivity contribution < 1.29 is 9.66 Å². The Balaban J connectivity index is 2.98. The lowest BCUT2D eigenvalue weighted by Gasteiger charge is -2.03. The number of halogens is 2. The lowest BCUT2D eigenvalue weighted by atomic mass is 10.3. The Bertz CT molecular complexity index is 332. The third-order valence-electron chi connectivity index (χ3n) is 1.34. The summed E-state index contributed by atoms with van der Waals surface area (Å²) in [5.41, 5.74) is 0.0488. The number of ether oxygens (including phenoxy) is 1. The molecule has 0 aromatic heterocycles. The number of rotatable bonds is 3. The van der Waals surface area contributed by atoms with Gasteiger partial charge in [0.1, 0.15) is 10.4 Å². The summed E-state index contributed by atoms with van der Waals surface area (Å²) in [5.74, 6) is 0.611. The van der Waals surface area contributed by atoms with Crippen LogP contribution in [0.4, 0.5) is 5.69 Å². The van der Waals surface area contributed by atoms with Gasteiger partial charge in [-0.2, -0.15) is 0 Å². The summed E-state index contributed by atoms with van der Waals surface area (Å²) < 4.78 is 6.29. The Kier molecular flexibility index (Phi) is 3.91. The summed E-state index contributed by atoms with van der Waals surface area (Å²) >= 11 is 5.24. The molecule has 70 valence electrons. The molecule has 13 heavy (non-hydrogen) atoms. The van der Waals surface area contributed by atoms with Crippen LogP contribution in [0.15, 0.2) is 22.7 Å². The first-order valence-corrected chi connectivity index (χ1v) is 5.59. The number of non-ortho nitro benzene ring substituents is 1. The van der Waals surface area contributed by atoms with Gasteiger partial charge in [-0.15, -0.1) is 0 Å². The average molecular weight is 358 g/mol. The fourth-order valence-electron chi connectivity index (χ4n) is 0.779. The highest BCUT2D eigenvalue weighted by molar-refractivity contribution is 14.1. The van der Waals surface area contributed by atoms with Crippen molar-refractivity contribution in [3.8, 4) is 5.75 Å². The number of hydrogen-bond donors (Lipinski definition) is 0. The highest BCUT2D eigenvalue weighted by Gasteiger charge is 2.08. The molecule has 0 amide bonds. The Morgan fingerprint density at radius 2 is 2.31 bits per heavy atom. The van der Waals surface area contributed by atoms with Crippen LogP contribution in [0, 0.1) is 10.1 Å². The van der Waals surface area contributed by atoms with Gasteiger partial charge < -0.3 is 4.74 Å². The Morgan fingerprint density at radius 1 is 1.62 bits per heavy atom. The largest absolute Gasteiger partial charge is 0.482 e. The first-order valence-electron chi connectivity index (χ1n) is 3.28. The zero-order chi connectivity index (χ0) is 9.84. The second-order valence-corrected chi connectivity index (χ2v) is 3.60. The average Bonchev–Trinajstić information content (AvgIpc) is 2.08. The number of alkyl halides is 1. The van der Waals surface area contributed by atoms with Gasteiger partial charge in [0, 0.05) is 12.1 Å². The molecular weight excluding hydrogens is 353 g/mol. The first kappa shape index (κ1) is 10.7. The van der Waals surface area contributed by atoms with Crippen molar-refractivity contribution >= 4 is 44.2 Å². The quantitative estimate of drug-likeness (QED) is 0.361. The fraction of sp³-hybridized carbons (Fsp3) is 0.143. The maximum atomic E-state index is 10.4. The van der Waals surface area contributed by atoms with E-state index in [1.165, 1.54) is 12.1 Å². The zero-order valence-corrected chi connectivity index (χ0v) is 10.1. The molecule has 0 aliphatic rings. The molecular formula is C7H5BrINO3. The molecule has 0 spiro atoms. The van der Waals surface area contributed by atoms with Crippen LogP contribution >= 0.6 is 38.5 Å². The van der Waals surface area contributed by atoms with Gasteiger partial charge >= 0.3 is 0 Å². The van der Waals surface area contributed by atoms with Crippen molar-refractivity contribution in [2.45, 2.75) is 0 Å². The van der Waals surface area contributed by atoms with Gasteiger partial charge in [0.2, 0.25) is 0 Å². The minimum atomic E-state index is -0.446. The van der Waals surface area contributed by atoms with E-state index in [0.717, 1.165) is 0 Å². The van der Waals surface area contributed by atoms with Crippen LogP contribution < -0.4 is 4.74 Å². The van der Waals surface area contributed by atoms with Crippen molar-refractivity contribution in [3.63, 3.8) is 0 Å². The smallest absolute Gasteiger partial charge is 0.270 e. The summed E-state index contributed by atoms with van der Waals surface area (Å²) in [6.07, 6.45) is 0. The molecule has 0 heterocycles. The van der Waals surface area contributed by atoms with E-state index >= 15 is 0 Å². The molecule has 0 unspecified atom stereocenters. The summed E-state index contributed by atoms with van der Waals surface area (Å²) in [4.78, 5) is 9.92. The van der Waals surface area contributed by atoms with Crippen LogP contribution in [0.5, 0.6) is 5.75 Å². The van der Waals surface area contributed by atoms with Gasteiger partial charge in [0.25, 0.3) is 5.69 Å². The van der Waals surface area contributed by atoms with Crippen LogP contribution in [0.25, 0.3) is 0 Å². The molecule has 0 aliphatic carbocycles. The predicted octanol–water partition coefficient (Wildman–Crippen LogP) is 3.13. The van der Waals surface area contributed by atoms with Crippen molar-refractivity contribution in [2.24, 2.45) is 0 Å². The highest BCUT2D eigenvalue weighted by Crippen LogP contribution is 2.29. The molecule has 0 saturated carbocycles. The number of benzene rings is 1. The van der Waals surface area contributed by atoms with E-state index in [2.05, 4.69) is 38.5 Å². The third-order valence-corrected chi connectivity index (χ3v) is 2.27. The first-order chi connectivity index (χ1) is 6.15. The van der Waals surface area contributed by atoms with Gasteiger partial charge in [-0.1, -0.05) is 0 Å².